The van der Waals surface area contributed by atoms with Crippen LogP contribution in [-0.4, -0.2) is 34.8 Å². The highest BCUT2D eigenvalue weighted by molar-refractivity contribution is 5.76. The summed E-state index contributed by atoms with van der Waals surface area (Å²) in [6.07, 6.45) is 1.14. The van der Waals surface area contributed by atoms with Crippen LogP contribution >= 0.6 is 0 Å². The predicted molar refractivity (Wildman–Crippen MR) is 89.7 cm³/mol. The largest absolute Gasteiger partial charge is 0.497 e. The molecule has 1 heterocycles. The van der Waals surface area contributed by atoms with Gasteiger partial charge in [0.25, 0.3) is 0 Å². The molecule has 134 valence electrons. The van der Waals surface area contributed by atoms with E-state index in [2.05, 4.69) is 10.4 Å². The standard InChI is InChI=1S/C16H20N4O5/c1-10(13-7-12(24-3)5-6-15(13)25-4)18-16(21)9-19-11(2)14(8-17-19)20(22)23/h5-8,10H,9H2,1-4H3,(H,18,21). The number of ether oxygens (including phenoxy) is 2. The van der Waals surface area contributed by atoms with Crippen LogP contribution in [-0.2, 0) is 11.3 Å². The third kappa shape index (κ3) is 4.06. The summed E-state index contributed by atoms with van der Waals surface area (Å²) in [5.41, 5.74) is 0.973. The Morgan fingerprint density at radius 3 is 2.68 bits per heavy atom. The number of nitro groups is 1. The quantitative estimate of drug-likeness (QED) is 0.605. The van der Waals surface area contributed by atoms with Gasteiger partial charge < -0.3 is 14.8 Å². The number of carbonyl (C=O) groups excluding carboxylic acids is 1. The number of carbonyl (C=O) groups is 1. The van der Waals surface area contributed by atoms with Crippen molar-refractivity contribution >= 4 is 11.6 Å². The maximum atomic E-state index is 12.3. The second kappa shape index (κ2) is 7.65. The van der Waals surface area contributed by atoms with E-state index in [0.717, 1.165) is 11.8 Å². The number of methoxy groups -OCH3 is 2. The first-order chi connectivity index (χ1) is 11.9. The van der Waals surface area contributed by atoms with Gasteiger partial charge >= 0.3 is 5.69 Å². The van der Waals surface area contributed by atoms with Crippen LogP contribution in [0.3, 0.4) is 0 Å². The molecule has 0 aliphatic carbocycles. The summed E-state index contributed by atoms with van der Waals surface area (Å²) in [4.78, 5) is 22.6. The summed E-state index contributed by atoms with van der Waals surface area (Å²) in [6.45, 7) is 3.25. The molecule has 2 rings (SSSR count). The number of hydrogen-bond acceptors (Lipinski definition) is 6. The first kappa shape index (κ1) is 18.2. The maximum Gasteiger partial charge on any atom is 0.309 e. The molecule has 0 radical (unpaired) electrons. The lowest BCUT2D eigenvalue weighted by Gasteiger charge is -2.18. The van der Waals surface area contributed by atoms with Gasteiger partial charge in [-0.2, -0.15) is 5.10 Å². The number of rotatable bonds is 7. The Kier molecular flexibility index (Phi) is 5.58. The van der Waals surface area contributed by atoms with E-state index in [0.29, 0.717) is 17.2 Å². The monoisotopic (exact) mass is 348 g/mol. The number of aromatic nitrogens is 2. The van der Waals surface area contributed by atoms with Crippen molar-refractivity contribution in [1.82, 2.24) is 15.1 Å². The van der Waals surface area contributed by atoms with Gasteiger partial charge in [0.05, 0.1) is 25.2 Å². The van der Waals surface area contributed by atoms with Crippen LogP contribution in [0.2, 0.25) is 0 Å². The van der Waals surface area contributed by atoms with Crippen molar-refractivity contribution in [3.63, 3.8) is 0 Å². The molecule has 1 aromatic carbocycles. The van der Waals surface area contributed by atoms with Crippen LogP contribution in [0, 0.1) is 17.0 Å². The van der Waals surface area contributed by atoms with Crippen molar-refractivity contribution in [2.24, 2.45) is 0 Å². The number of amides is 1. The Bertz CT molecular complexity index is 787. The summed E-state index contributed by atoms with van der Waals surface area (Å²) < 4.78 is 11.8. The lowest BCUT2D eigenvalue weighted by molar-refractivity contribution is -0.385. The summed E-state index contributed by atoms with van der Waals surface area (Å²) in [5.74, 6) is 0.952. The lowest BCUT2D eigenvalue weighted by atomic mass is 10.1. The summed E-state index contributed by atoms with van der Waals surface area (Å²) in [7, 11) is 3.11. The normalized spacial score (nSPS) is 11.7. The molecule has 25 heavy (non-hydrogen) atoms. The minimum absolute atomic E-state index is 0.115. The van der Waals surface area contributed by atoms with Gasteiger partial charge in [-0.15, -0.1) is 0 Å². The SMILES string of the molecule is COc1ccc(OC)c(C(C)NC(=O)Cn2ncc([N+](=O)[O-])c2C)c1. The second-order valence-electron chi connectivity index (χ2n) is 5.43. The molecule has 2 aromatic rings. The van der Waals surface area contributed by atoms with Crippen LogP contribution in [0.5, 0.6) is 11.5 Å². The molecule has 9 nitrogen and oxygen atoms in total. The summed E-state index contributed by atoms with van der Waals surface area (Å²) >= 11 is 0. The smallest absolute Gasteiger partial charge is 0.309 e. The lowest BCUT2D eigenvalue weighted by Crippen LogP contribution is -2.31. The Hall–Kier alpha value is -3.10. The van der Waals surface area contributed by atoms with Gasteiger partial charge in [0.15, 0.2) is 0 Å². The predicted octanol–water partition coefficient (Wildman–Crippen LogP) is 1.99. The Balaban J connectivity index is 2.11. The Morgan fingerprint density at radius 2 is 2.12 bits per heavy atom. The topological polar surface area (TPSA) is 109 Å². The molecule has 0 bridgehead atoms. The number of nitrogens with zero attached hydrogens (tertiary/aromatic N) is 3. The molecule has 1 N–H and O–H groups in total. The average molecular weight is 348 g/mol. The third-order valence-electron chi connectivity index (χ3n) is 3.85. The molecular formula is C16H20N4O5. The Labute approximate surface area is 144 Å². The van der Waals surface area contributed by atoms with Crippen molar-refractivity contribution in [2.45, 2.75) is 26.4 Å². The van der Waals surface area contributed by atoms with Gasteiger partial charge in [-0.05, 0) is 32.0 Å². The molecule has 1 unspecified atom stereocenters. The highest BCUT2D eigenvalue weighted by atomic mass is 16.6. The fourth-order valence-corrected chi connectivity index (χ4v) is 2.45. The van der Waals surface area contributed by atoms with Crippen LogP contribution < -0.4 is 14.8 Å². The molecule has 1 aromatic heterocycles. The fourth-order valence-electron chi connectivity index (χ4n) is 2.45. The highest BCUT2D eigenvalue weighted by Gasteiger charge is 2.20. The zero-order chi connectivity index (χ0) is 18.6. The van der Waals surface area contributed by atoms with E-state index in [9.17, 15) is 14.9 Å². The van der Waals surface area contributed by atoms with E-state index in [1.165, 1.54) is 4.68 Å². The fraction of sp³-hybridized carbons (Fsp3) is 0.375. The molecule has 0 fully saturated rings. The van der Waals surface area contributed by atoms with Crippen molar-refractivity contribution in [1.29, 1.82) is 0 Å². The average Bonchev–Trinajstić information content (AvgIpc) is 2.94. The number of benzene rings is 1. The van der Waals surface area contributed by atoms with Crippen LogP contribution in [0.15, 0.2) is 24.4 Å². The van der Waals surface area contributed by atoms with E-state index in [1.54, 1.807) is 39.3 Å². The van der Waals surface area contributed by atoms with E-state index in [4.69, 9.17) is 9.47 Å². The van der Waals surface area contributed by atoms with Crippen molar-refractivity contribution in [3.05, 3.63) is 45.8 Å². The minimum Gasteiger partial charge on any atom is -0.497 e. The molecule has 9 heteroatoms. The third-order valence-corrected chi connectivity index (χ3v) is 3.85. The van der Waals surface area contributed by atoms with Gasteiger partial charge in [-0.1, -0.05) is 0 Å². The van der Waals surface area contributed by atoms with E-state index in [-0.39, 0.29) is 24.2 Å². The first-order valence-electron chi connectivity index (χ1n) is 7.55. The molecule has 0 aliphatic rings. The molecule has 0 saturated carbocycles. The molecule has 0 spiro atoms. The summed E-state index contributed by atoms with van der Waals surface area (Å²) in [5, 5.41) is 17.6. The second-order valence-corrected chi connectivity index (χ2v) is 5.43. The zero-order valence-electron chi connectivity index (χ0n) is 14.5. The van der Waals surface area contributed by atoms with Gasteiger partial charge in [-0.25, -0.2) is 0 Å². The number of hydrogen-bond donors (Lipinski definition) is 1. The van der Waals surface area contributed by atoms with Crippen molar-refractivity contribution < 1.29 is 19.2 Å². The van der Waals surface area contributed by atoms with Crippen LogP contribution in [0.1, 0.15) is 24.2 Å². The molecule has 0 aliphatic heterocycles. The van der Waals surface area contributed by atoms with Gasteiger partial charge in [0.2, 0.25) is 5.91 Å². The van der Waals surface area contributed by atoms with Gasteiger partial charge in [-0.3, -0.25) is 19.6 Å². The first-order valence-corrected chi connectivity index (χ1v) is 7.55. The van der Waals surface area contributed by atoms with E-state index < -0.39 is 4.92 Å². The summed E-state index contributed by atoms with van der Waals surface area (Å²) in [6, 6.07) is 4.97. The van der Waals surface area contributed by atoms with Crippen molar-refractivity contribution in [2.75, 3.05) is 14.2 Å². The molecule has 1 amide bonds. The van der Waals surface area contributed by atoms with E-state index >= 15 is 0 Å². The molecular weight excluding hydrogens is 328 g/mol. The highest BCUT2D eigenvalue weighted by Crippen LogP contribution is 2.29. The maximum absolute atomic E-state index is 12.3. The molecule has 1 atom stereocenters. The van der Waals surface area contributed by atoms with Crippen LogP contribution in [0.25, 0.3) is 0 Å². The van der Waals surface area contributed by atoms with Gasteiger partial charge in [0.1, 0.15) is 29.9 Å². The Morgan fingerprint density at radius 1 is 1.40 bits per heavy atom. The zero-order valence-corrected chi connectivity index (χ0v) is 14.5. The molecule has 0 saturated heterocycles. The minimum atomic E-state index is -0.527. The van der Waals surface area contributed by atoms with Crippen LogP contribution in [0.4, 0.5) is 5.69 Å². The van der Waals surface area contributed by atoms with E-state index in [1.807, 2.05) is 6.92 Å². The van der Waals surface area contributed by atoms with Crippen molar-refractivity contribution in [3.8, 4) is 11.5 Å². The van der Waals surface area contributed by atoms with Gasteiger partial charge in [0, 0.05) is 5.56 Å². The number of nitrogens with one attached hydrogen (secondary N) is 1.